The average molecular weight is 360 g/mol. The first-order valence-electron chi connectivity index (χ1n) is 7.46. The fourth-order valence-electron chi connectivity index (χ4n) is 2.40. The molecule has 1 amide bonds. The summed E-state index contributed by atoms with van der Waals surface area (Å²) < 4.78 is 41.2. The van der Waals surface area contributed by atoms with Crippen molar-refractivity contribution in [2.75, 3.05) is 0 Å². The van der Waals surface area contributed by atoms with Crippen molar-refractivity contribution in [2.24, 2.45) is 0 Å². The Morgan fingerprint density at radius 1 is 1.42 bits per heavy atom. The summed E-state index contributed by atoms with van der Waals surface area (Å²) in [7, 11) is 0. The molecule has 4 nitrogen and oxygen atoms in total. The van der Waals surface area contributed by atoms with Crippen molar-refractivity contribution >= 4 is 17.5 Å². The van der Waals surface area contributed by atoms with Gasteiger partial charge in [0.1, 0.15) is 0 Å². The molecule has 0 aliphatic carbocycles. The van der Waals surface area contributed by atoms with Gasteiger partial charge in [0.2, 0.25) is 0 Å². The van der Waals surface area contributed by atoms with Gasteiger partial charge in [-0.15, -0.1) is 0 Å². The monoisotopic (exact) mass is 359 g/mol. The van der Waals surface area contributed by atoms with Gasteiger partial charge >= 0.3 is 6.18 Å². The Balaban J connectivity index is 2.45. The molecule has 1 aromatic carbocycles. The molecule has 0 radical (unpaired) electrons. The van der Waals surface area contributed by atoms with Crippen LogP contribution in [-0.2, 0) is 6.18 Å². The summed E-state index contributed by atoms with van der Waals surface area (Å²) >= 11 is 5.83. The largest absolute Gasteiger partial charge is 0.434 e. The second-order valence-electron chi connectivity index (χ2n) is 5.46. The fraction of sp³-hybridized carbons (Fsp3) is 0.375. The Hall–Kier alpha value is -2.02. The number of carbonyl (C=O) groups is 1. The molecule has 1 unspecified atom stereocenters. The molecule has 1 aromatic heterocycles. The minimum atomic E-state index is -4.74. The van der Waals surface area contributed by atoms with Crippen molar-refractivity contribution in [3.63, 3.8) is 0 Å². The van der Waals surface area contributed by atoms with Gasteiger partial charge in [-0.2, -0.15) is 18.3 Å². The van der Waals surface area contributed by atoms with Gasteiger partial charge in [0.05, 0.1) is 17.4 Å². The summed E-state index contributed by atoms with van der Waals surface area (Å²) in [5.74, 6) is -0.795. The lowest BCUT2D eigenvalue weighted by atomic mass is 10.1. The highest BCUT2D eigenvalue weighted by Gasteiger charge is 2.40. The Labute approximate surface area is 142 Å². The third-order valence-electron chi connectivity index (χ3n) is 3.43. The zero-order valence-electron chi connectivity index (χ0n) is 13.2. The van der Waals surface area contributed by atoms with Gasteiger partial charge < -0.3 is 5.32 Å². The van der Waals surface area contributed by atoms with Gasteiger partial charge in [-0.3, -0.25) is 4.79 Å². The van der Waals surface area contributed by atoms with Crippen LogP contribution in [0.15, 0.2) is 30.5 Å². The molecular weight excluding hydrogens is 343 g/mol. The van der Waals surface area contributed by atoms with Crippen LogP contribution in [-0.4, -0.2) is 21.7 Å². The summed E-state index contributed by atoms with van der Waals surface area (Å²) in [6.07, 6.45) is -2.32. The summed E-state index contributed by atoms with van der Waals surface area (Å²) in [5.41, 5.74) is -1.49. The Bertz CT molecular complexity index is 728. The maximum atomic E-state index is 13.5. The molecule has 24 heavy (non-hydrogen) atoms. The molecule has 8 heteroatoms. The number of alkyl halides is 3. The Morgan fingerprint density at radius 3 is 2.71 bits per heavy atom. The molecule has 1 heterocycles. The summed E-state index contributed by atoms with van der Waals surface area (Å²) in [5, 5.41) is 6.59. The SMILES string of the molecule is CCCC(C)NC(=O)c1cnn(-c2cccc(Cl)c2)c1C(F)(F)F. The van der Waals surface area contributed by atoms with Crippen LogP contribution < -0.4 is 5.32 Å². The molecule has 0 aliphatic heterocycles. The lowest BCUT2D eigenvalue weighted by Crippen LogP contribution is -2.33. The third-order valence-corrected chi connectivity index (χ3v) is 3.67. The van der Waals surface area contributed by atoms with Gasteiger partial charge in [-0.1, -0.05) is 31.0 Å². The number of halogens is 4. The van der Waals surface area contributed by atoms with Crippen molar-refractivity contribution in [3.8, 4) is 5.69 Å². The summed E-state index contributed by atoms with van der Waals surface area (Å²) in [6, 6.07) is 5.63. The van der Waals surface area contributed by atoms with E-state index in [1.165, 1.54) is 18.2 Å². The highest BCUT2D eigenvalue weighted by molar-refractivity contribution is 6.30. The molecule has 130 valence electrons. The van der Waals surface area contributed by atoms with E-state index in [1.807, 2.05) is 6.92 Å². The van der Waals surface area contributed by atoms with Crippen LogP contribution in [0.1, 0.15) is 42.7 Å². The van der Waals surface area contributed by atoms with E-state index in [4.69, 9.17) is 11.6 Å². The van der Waals surface area contributed by atoms with Crippen LogP contribution in [0.4, 0.5) is 13.2 Å². The van der Waals surface area contributed by atoms with Gasteiger partial charge in [-0.05, 0) is 31.5 Å². The molecule has 1 atom stereocenters. The highest BCUT2D eigenvalue weighted by atomic mass is 35.5. The number of rotatable bonds is 5. The normalized spacial score (nSPS) is 12.9. The summed E-state index contributed by atoms with van der Waals surface area (Å²) in [6.45, 7) is 3.68. The number of amides is 1. The molecule has 0 aliphatic rings. The highest BCUT2D eigenvalue weighted by Crippen LogP contribution is 2.34. The van der Waals surface area contributed by atoms with Crippen molar-refractivity contribution in [2.45, 2.75) is 38.9 Å². The molecule has 0 saturated heterocycles. The first kappa shape index (κ1) is 18.3. The third kappa shape index (κ3) is 4.08. The van der Waals surface area contributed by atoms with E-state index in [-0.39, 0.29) is 16.8 Å². The predicted octanol–water partition coefficient (Wildman–Crippen LogP) is 4.46. The zero-order chi connectivity index (χ0) is 17.9. The van der Waals surface area contributed by atoms with Crippen LogP contribution in [0, 0.1) is 0 Å². The lowest BCUT2D eigenvalue weighted by molar-refractivity contribution is -0.143. The smallest absolute Gasteiger partial charge is 0.349 e. The quantitative estimate of drug-likeness (QED) is 0.856. The minimum Gasteiger partial charge on any atom is -0.349 e. The van der Waals surface area contributed by atoms with Crippen molar-refractivity contribution < 1.29 is 18.0 Å². The molecule has 0 fully saturated rings. The van der Waals surface area contributed by atoms with Gasteiger partial charge in [0, 0.05) is 11.1 Å². The molecule has 1 N–H and O–H groups in total. The van der Waals surface area contributed by atoms with Crippen LogP contribution in [0.5, 0.6) is 0 Å². The number of carbonyl (C=O) groups excluding carboxylic acids is 1. The second kappa shape index (κ2) is 7.25. The van der Waals surface area contributed by atoms with Crippen LogP contribution >= 0.6 is 11.6 Å². The number of hydrogen-bond donors (Lipinski definition) is 1. The first-order chi connectivity index (χ1) is 11.2. The maximum Gasteiger partial charge on any atom is 0.434 e. The van der Waals surface area contributed by atoms with Crippen molar-refractivity contribution in [3.05, 3.63) is 46.7 Å². The van der Waals surface area contributed by atoms with E-state index in [0.717, 1.165) is 12.6 Å². The van der Waals surface area contributed by atoms with Gasteiger partial charge in [0.15, 0.2) is 5.69 Å². The van der Waals surface area contributed by atoms with E-state index in [1.54, 1.807) is 13.0 Å². The molecular formula is C16H17ClF3N3O. The van der Waals surface area contributed by atoms with Crippen LogP contribution in [0.25, 0.3) is 5.69 Å². The molecule has 2 rings (SSSR count). The average Bonchev–Trinajstić information content (AvgIpc) is 2.92. The maximum absolute atomic E-state index is 13.5. The van der Waals surface area contributed by atoms with E-state index in [0.29, 0.717) is 11.1 Å². The Kier molecular flexibility index (Phi) is 5.54. The summed E-state index contributed by atoms with van der Waals surface area (Å²) in [4.78, 5) is 12.2. The molecule has 0 saturated carbocycles. The Morgan fingerprint density at radius 2 is 2.12 bits per heavy atom. The molecule has 2 aromatic rings. The zero-order valence-corrected chi connectivity index (χ0v) is 13.9. The second-order valence-corrected chi connectivity index (χ2v) is 5.90. The molecule has 0 spiro atoms. The van der Waals surface area contributed by atoms with E-state index < -0.39 is 23.3 Å². The fourth-order valence-corrected chi connectivity index (χ4v) is 2.58. The van der Waals surface area contributed by atoms with E-state index in [2.05, 4.69) is 10.4 Å². The van der Waals surface area contributed by atoms with Crippen LogP contribution in [0.3, 0.4) is 0 Å². The number of nitrogens with zero attached hydrogens (tertiary/aromatic N) is 2. The van der Waals surface area contributed by atoms with Gasteiger partial charge in [-0.25, -0.2) is 4.68 Å². The minimum absolute atomic E-state index is 0.135. The number of benzene rings is 1. The van der Waals surface area contributed by atoms with Crippen LogP contribution in [0.2, 0.25) is 5.02 Å². The number of nitrogens with one attached hydrogen (secondary N) is 1. The topological polar surface area (TPSA) is 46.9 Å². The molecule has 0 bridgehead atoms. The number of hydrogen-bond acceptors (Lipinski definition) is 2. The van der Waals surface area contributed by atoms with E-state index >= 15 is 0 Å². The van der Waals surface area contributed by atoms with E-state index in [9.17, 15) is 18.0 Å². The predicted molar refractivity (Wildman–Crippen MR) is 85.4 cm³/mol. The lowest BCUT2D eigenvalue weighted by Gasteiger charge is -2.15. The first-order valence-corrected chi connectivity index (χ1v) is 7.83. The van der Waals surface area contributed by atoms with Crippen molar-refractivity contribution in [1.29, 1.82) is 0 Å². The standard InChI is InChI=1S/C16H17ClF3N3O/c1-3-5-10(2)22-15(24)13-9-21-23(14(13)16(18,19)20)12-7-4-6-11(17)8-12/h4,6-10H,3,5H2,1-2H3,(H,22,24). The van der Waals surface area contributed by atoms with Crippen molar-refractivity contribution in [1.82, 2.24) is 15.1 Å². The van der Waals surface area contributed by atoms with Gasteiger partial charge in [0.25, 0.3) is 5.91 Å². The number of aromatic nitrogens is 2.